The fourth-order valence-corrected chi connectivity index (χ4v) is 16.3. The van der Waals surface area contributed by atoms with Gasteiger partial charge in [-0.2, -0.15) is 59.5 Å². The number of halogens is 4. The van der Waals surface area contributed by atoms with Crippen molar-refractivity contribution in [3.63, 3.8) is 0 Å². The predicted octanol–water partition coefficient (Wildman–Crippen LogP) is 9.97. The van der Waals surface area contributed by atoms with Crippen LogP contribution in [-0.2, 0) is 6.54 Å². The van der Waals surface area contributed by atoms with E-state index in [0.29, 0.717) is 102 Å². The Hall–Kier alpha value is -10.8. The first-order valence-corrected chi connectivity index (χ1v) is 37.6. The van der Waals surface area contributed by atoms with Gasteiger partial charge in [-0.25, -0.2) is 38.2 Å². The number of aliphatic hydroxyl groups is 2. The molecule has 30 nitrogen and oxygen atoms in total. The van der Waals surface area contributed by atoms with Crippen LogP contribution in [0.1, 0.15) is 188 Å². The number of pyridine rings is 1. The van der Waals surface area contributed by atoms with Crippen molar-refractivity contribution in [2.45, 2.75) is 168 Å². The van der Waals surface area contributed by atoms with Gasteiger partial charge < -0.3 is 39.6 Å². The molecular formula is C75H87ClF3N25O5. The number of aryl methyl sites for hydroxylation is 3. The molecular weight excluding hydrogens is 1420 g/mol. The van der Waals surface area contributed by atoms with Gasteiger partial charge in [0.15, 0.2) is 22.6 Å². The minimum atomic E-state index is -4.48. The molecule has 16 rings (SSSR count). The lowest BCUT2D eigenvalue weighted by molar-refractivity contribution is -0.142. The maximum absolute atomic E-state index is 13.7. The quantitative estimate of drug-likeness (QED) is 0.115. The van der Waals surface area contributed by atoms with E-state index in [-0.39, 0.29) is 59.6 Å². The van der Waals surface area contributed by atoms with Crippen LogP contribution in [0.5, 0.6) is 0 Å². The van der Waals surface area contributed by atoms with Crippen molar-refractivity contribution in [3.8, 4) is 18.2 Å². The number of β-amino-alcohol motifs (C(OH)–C–C–N with tert-alkyl or cyclic N) is 2. The van der Waals surface area contributed by atoms with Gasteiger partial charge in [0.25, 0.3) is 17.7 Å². The maximum atomic E-state index is 13.7. The Labute approximate surface area is 631 Å². The number of nitriles is 3. The Morgan fingerprint density at radius 3 is 1.45 bits per heavy atom. The van der Waals surface area contributed by atoms with Crippen LogP contribution < -0.4 is 14.7 Å². The molecule has 6 saturated heterocycles. The second-order valence-electron chi connectivity index (χ2n) is 30.1. The monoisotopic (exact) mass is 1510 g/mol. The Morgan fingerprint density at radius 1 is 0.569 bits per heavy atom. The number of alkyl halides is 3. The van der Waals surface area contributed by atoms with Crippen LogP contribution in [0.25, 0.3) is 28.0 Å². The lowest BCUT2D eigenvalue weighted by atomic mass is 9.98. The molecule has 16 heterocycles. The number of likely N-dealkylation sites (tertiary alicyclic amines) is 3. The van der Waals surface area contributed by atoms with Gasteiger partial charge in [-0.1, -0.05) is 18.5 Å². The first kappa shape index (κ1) is 75.0. The second-order valence-corrected chi connectivity index (χ2v) is 30.5. The van der Waals surface area contributed by atoms with E-state index in [0.717, 1.165) is 114 Å². The number of anilines is 3. The van der Waals surface area contributed by atoms with E-state index in [1.165, 1.54) is 18.5 Å². The van der Waals surface area contributed by atoms with Crippen molar-refractivity contribution in [1.82, 2.24) is 92.8 Å². The summed E-state index contributed by atoms with van der Waals surface area (Å²) in [5.41, 5.74) is 8.60. The number of rotatable bonds is 12. The van der Waals surface area contributed by atoms with Crippen LogP contribution >= 0.6 is 11.6 Å². The lowest BCUT2D eigenvalue weighted by Crippen LogP contribution is -2.40. The van der Waals surface area contributed by atoms with Crippen molar-refractivity contribution in [2.24, 2.45) is 23.7 Å². The highest BCUT2D eigenvalue weighted by Crippen LogP contribution is 2.39. The van der Waals surface area contributed by atoms with Crippen LogP contribution in [-0.4, -0.2) is 198 Å². The van der Waals surface area contributed by atoms with Crippen LogP contribution in [0.2, 0.25) is 5.02 Å². The average Bonchev–Trinajstić information content (AvgIpc) is 1.41. The summed E-state index contributed by atoms with van der Waals surface area (Å²) in [5, 5.41) is 76.3. The Bertz CT molecular complexity index is 5210. The van der Waals surface area contributed by atoms with E-state index < -0.39 is 42.7 Å². The molecule has 570 valence electrons. The SMILES string of the molecule is Cc1cn2nc([C@@H]3CCCCN3C(=O)c3c(Cl)cnn3C(C)C)cc2nc1N1C[C@@H](C#N)[C@@H](O)C1.Cc1cn2nc([C@@H]3CCCCN3C(=O)c3ccnn3CC(F)(F)F)cc2nc1N1C[C@@H](C#N)[C@@H](C)C1.Cc1cn2nc([C@@H]3CCCCN3C(=O)c3cnc4c(cnn4C(C)C)c3)cc2nc1N1C[C@@H](C#N)[C@@H](O)C1. The molecule has 2 N–H and O–H groups in total. The van der Waals surface area contributed by atoms with Gasteiger partial charge in [0.1, 0.15) is 35.4 Å². The zero-order valence-corrected chi connectivity index (χ0v) is 62.8. The third-order valence-electron chi connectivity index (χ3n) is 21.7. The average molecular weight is 1510 g/mol. The van der Waals surface area contributed by atoms with Crippen molar-refractivity contribution in [2.75, 3.05) is 73.6 Å². The normalized spacial score (nSPS) is 22.6. The molecule has 0 unspecified atom stereocenters. The standard InChI is InChI=1S/C27H31N9O2.C24H29ClN8O2.C24H27F3N8O/c1-16(2)36-26-18(12-30-36)8-19(11-29-26)27(38)34-7-5-4-6-22(34)21-9-24-31-25(17(3)13-35(24)32-21)33-14-20(10-28)23(37)15-33;1-14(2)33-22(17(25)10-27-33)24(35)31-7-5-4-6-19(31)18-8-21-28-23(15(3)11-32(21)29-18)30-12-16(9-26)20(34)13-30;1-15-11-32(13-17(15)10-28)22-16(2)12-34-21(30-22)9-18(31-34)19-5-3-4-8-33(19)23(36)20-6-7-29-35(20)14-24(25,26)27/h8-9,11-13,16,20,22-23,37H,4-7,14-15H2,1-3H3;8,10-11,14,16,19-20,34H,4-7,12-13H2,1-3H3;6-7,9,12,15,17,19H,3-5,8,11,13-14H2,1-2H3/t20-,22+,23+;16-,19+,20+;15-,17+,19-/m110/s1. The van der Waals surface area contributed by atoms with Gasteiger partial charge in [-0.15, -0.1) is 0 Å². The molecule has 6 aliphatic rings. The molecule has 9 atom stereocenters. The fraction of sp³-hybridized carbons (Fsp3) is 0.520. The Balaban J connectivity index is 0.000000137. The molecule has 3 amide bonds. The summed E-state index contributed by atoms with van der Waals surface area (Å²) in [7, 11) is 0. The molecule has 0 spiro atoms. The number of piperidine rings is 3. The first-order valence-electron chi connectivity index (χ1n) is 37.2. The fourth-order valence-electron chi connectivity index (χ4n) is 16.1. The molecule has 0 saturated carbocycles. The van der Waals surface area contributed by atoms with E-state index in [1.807, 2.05) is 102 Å². The zero-order chi connectivity index (χ0) is 77.0. The molecule has 6 fully saturated rings. The van der Waals surface area contributed by atoms with Crippen LogP contribution in [0.4, 0.5) is 30.6 Å². The van der Waals surface area contributed by atoms with Crippen molar-refractivity contribution in [3.05, 3.63) is 129 Å². The van der Waals surface area contributed by atoms with E-state index in [1.54, 1.807) is 35.5 Å². The summed E-state index contributed by atoms with van der Waals surface area (Å²) in [4.78, 5) is 71.1. The summed E-state index contributed by atoms with van der Waals surface area (Å²) in [5.74, 6) is 0.963. The summed E-state index contributed by atoms with van der Waals surface area (Å²) >= 11 is 6.39. The molecule has 0 radical (unpaired) electrons. The van der Waals surface area contributed by atoms with E-state index in [4.69, 9.17) is 41.8 Å². The number of carbonyl (C=O) groups excluding carboxylic acids is 3. The molecule has 6 aliphatic heterocycles. The van der Waals surface area contributed by atoms with Crippen LogP contribution in [0.3, 0.4) is 0 Å². The number of hydrogen-bond acceptors (Lipinski definition) is 21. The predicted molar refractivity (Wildman–Crippen MR) is 395 cm³/mol. The lowest BCUT2D eigenvalue weighted by Gasteiger charge is -2.35. The molecule has 109 heavy (non-hydrogen) atoms. The highest BCUT2D eigenvalue weighted by molar-refractivity contribution is 6.33. The third-order valence-corrected chi connectivity index (χ3v) is 21.9. The number of amides is 3. The van der Waals surface area contributed by atoms with Gasteiger partial charge >= 0.3 is 6.18 Å². The number of aromatic nitrogens is 16. The third kappa shape index (κ3) is 15.0. The second kappa shape index (κ2) is 30.7. The van der Waals surface area contributed by atoms with Crippen molar-refractivity contribution < 1.29 is 37.8 Å². The van der Waals surface area contributed by atoms with E-state index in [2.05, 4.69) is 64.2 Å². The number of carbonyl (C=O) groups is 3. The highest BCUT2D eigenvalue weighted by atomic mass is 35.5. The van der Waals surface area contributed by atoms with Gasteiger partial charge in [-0.05, 0) is 124 Å². The summed E-state index contributed by atoms with van der Waals surface area (Å²) < 4.78 is 48.4. The minimum absolute atomic E-state index is 0.00946. The van der Waals surface area contributed by atoms with E-state index in [9.17, 15) is 53.6 Å². The van der Waals surface area contributed by atoms with Gasteiger partial charge in [-0.3, -0.25) is 23.7 Å². The number of nitrogens with zero attached hydrogens (tertiary/aromatic N) is 25. The zero-order valence-electron chi connectivity index (χ0n) is 62.0. The van der Waals surface area contributed by atoms with E-state index >= 15 is 0 Å². The summed E-state index contributed by atoms with van der Waals surface area (Å²) in [6, 6.07) is 15.1. The topological polar surface area (TPSA) is 339 Å². The molecule has 0 aromatic carbocycles. The molecule has 10 aromatic heterocycles. The molecule has 0 bridgehead atoms. The van der Waals surface area contributed by atoms with Crippen molar-refractivity contribution >= 4 is 74.8 Å². The maximum Gasteiger partial charge on any atom is 0.408 e. The Kier molecular flexibility index (Phi) is 21.1. The first-order chi connectivity index (χ1) is 52.3. The molecule has 10 aromatic rings. The largest absolute Gasteiger partial charge is 0.408 e. The molecule has 0 aliphatic carbocycles. The minimum Gasteiger partial charge on any atom is -0.390 e. The number of fused-ring (bicyclic) bond motifs is 4. The smallest absolute Gasteiger partial charge is 0.390 e. The van der Waals surface area contributed by atoms with Gasteiger partial charge in [0, 0.05) is 142 Å². The van der Waals surface area contributed by atoms with Crippen LogP contribution in [0.15, 0.2) is 73.7 Å². The highest BCUT2D eigenvalue weighted by Gasteiger charge is 2.40. The van der Waals surface area contributed by atoms with Crippen molar-refractivity contribution in [1.29, 1.82) is 15.8 Å². The van der Waals surface area contributed by atoms with Gasteiger partial charge in [0.05, 0.1) is 106 Å². The van der Waals surface area contributed by atoms with Crippen LogP contribution in [0, 0.1) is 78.4 Å². The number of hydrogen-bond donors (Lipinski definition) is 2. The summed E-state index contributed by atoms with van der Waals surface area (Å²) in [6.07, 6.45) is 13.8. The van der Waals surface area contributed by atoms with Gasteiger partial charge in [0.2, 0.25) is 0 Å². The summed E-state index contributed by atoms with van der Waals surface area (Å²) in [6.45, 7) is 19.4. The molecule has 34 heteroatoms. The number of aliphatic hydroxyl groups excluding tert-OH is 2. The Morgan fingerprint density at radius 2 is 1.01 bits per heavy atom.